The number of hydrogen-bond acceptors (Lipinski definition) is 3. The van der Waals surface area contributed by atoms with Crippen LogP contribution in [-0.2, 0) is 6.42 Å². The van der Waals surface area contributed by atoms with Crippen LogP contribution in [0.1, 0.15) is 17.7 Å². The van der Waals surface area contributed by atoms with Crippen molar-refractivity contribution in [2.24, 2.45) is 0 Å². The van der Waals surface area contributed by atoms with Crippen LogP contribution in [0, 0.1) is 11.8 Å². The molecule has 3 nitrogen and oxygen atoms in total. The van der Waals surface area contributed by atoms with Gasteiger partial charge in [0.25, 0.3) is 0 Å². The van der Waals surface area contributed by atoms with Crippen LogP contribution >= 0.6 is 0 Å². The standard InChI is InChI=1S/C24H19NO2/c1-26-22-10-6-18(7-11-22)4-2-3-5-23-12-13-24(27-23)20-8-9-21-17-25-15-14-19(21)16-20/h6-17H,2,4H2,1H3. The Kier molecular flexibility index (Phi) is 4.89. The molecule has 0 aliphatic carbocycles. The van der Waals surface area contributed by atoms with E-state index in [9.17, 15) is 0 Å². The summed E-state index contributed by atoms with van der Waals surface area (Å²) in [5, 5.41) is 2.26. The lowest BCUT2D eigenvalue weighted by Crippen LogP contribution is -1.85. The lowest BCUT2D eigenvalue weighted by Gasteiger charge is -2.00. The highest BCUT2D eigenvalue weighted by Crippen LogP contribution is 2.25. The number of hydrogen-bond donors (Lipinski definition) is 0. The van der Waals surface area contributed by atoms with E-state index in [1.165, 1.54) is 5.56 Å². The molecule has 0 N–H and O–H groups in total. The van der Waals surface area contributed by atoms with Crippen molar-refractivity contribution in [3.05, 3.63) is 84.4 Å². The molecule has 0 aliphatic heterocycles. The van der Waals surface area contributed by atoms with E-state index in [-0.39, 0.29) is 0 Å². The van der Waals surface area contributed by atoms with Crippen molar-refractivity contribution in [3.8, 4) is 28.9 Å². The number of methoxy groups -OCH3 is 1. The Labute approximate surface area is 158 Å². The van der Waals surface area contributed by atoms with Crippen LogP contribution in [0.3, 0.4) is 0 Å². The van der Waals surface area contributed by atoms with E-state index in [0.29, 0.717) is 5.76 Å². The van der Waals surface area contributed by atoms with E-state index in [0.717, 1.165) is 40.7 Å². The average Bonchev–Trinajstić information content (AvgIpc) is 3.20. The number of aryl methyl sites for hydroxylation is 1. The van der Waals surface area contributed by atoms with Gasteiger partial charge in [-0.2, -0.15) is 0 Å². The third-order valence-corrected chi connectivity index (χ3v) is 4.44. The van der Waals surface area contributed by atoms with Gasteiger partial charge >= 0.3 is 0 Å². The van der Waals surface area contributed by atoms with Gasteiger partial charge in [0.05, 0.1) is 7.11 Å². The minimum Gasteiger partial charge on any atom is -0.497 e. The largest absolute Gasteiger partial charge is 0.497 e. The first kappa shape index (κ1) is 16.9. The monoisotopic (exact) mass is 353 g/mol. The minimum absolute atomic E-state index is 0.689. The fourth-order valence-electron chi connectivity index (χ4n) is 2.95. The fraction of sp³-hybridized carbons (Fsp3) is 0.125. The third kappa shape index (κ3) is 4.02. The van der Waals surface area contributed by atoms with Gasteiger partial charge in [0.15, 0.2) is 5.76 Å². The smallest absolute Gasteiger partial charge is 0.177 e. The van der Waals surface area contributed by atoms with Crippen LogP contribution in [0.15, 0.2) is 77.5 Å². The quantitative estimate of drug-likeness (QED) is 0.455. The number of pyridine rings is 1. The van der Waals surface area contributed by atoms with E-state index in [1.54, 1.807) is 13.3 Å². The fourth-order valence-corrected chi connectivity index (χ4v) is 2.95. The maximum absolute atomic E-state index is 5.90. The summed E-state index contributed by atoms with van der Waals surface area (Å²) in [5.41, 5.74) is 2.29. The summed E-state index contributed by atoms with van der Waals surface area (Å²) in [6, 6.07) is 20.2. The van der Waals surface area contributed by atoms with E-state index < -0.39 is 0 Å². The highest BCUT2D eigenvalue weighted by atomic mass is 16.5. The predicted octanol–water partition coefficient (Wildman–Crippen LogP) is 5.49. The van der Waals surface area contributed by atoms with Gasteiger partial charge in [-0.1, -0.05) is 30.2 Å². The van der Waals surface area contributed by atoms with Gasteiger partial charge in [0.2, 0.25) is 0 Å². The summed E-state index contributed by atoms with van der Waals surface area (Å²) >= 11 is 0. The molecule has 27 heavy (non-hydrogen) atoms. The first-order valence-corrected chi connectivity index (χ1v) is 8.87. The van der Waals surface area contributed by atoms with Crippen LogP contribution in [0.2, 0.25) is 0 Å². The van der Waals surface area contributed by atoms with Crippen LogP contribution < -0.4 is 4.74 Å². The topological polar surface area (TPSA) is 35.3 Å². The molecule has 2 aromatic carbocycles. The zero-order valence-corrected chi connectivity index (χ0v) is 15.1. The summed E-state index contributed by atoms with van der Waals surface area (Å²) in [7, 11) is 1.67. The lowest BCUT2D eigenvalue weighted by molar-refractivity contribution is 0.414. The predicted molar refractivity (Wildman–Crippen MR) is 108 cm³/mol. The van der Waals surface area contributed by atoms with Crippen molar-refractivity contribution in [2.45, 2.75) is 12.8 Å². The normalized spacial score (nSPS) is 10.4. The molecule has 0 radical (unpaired) electrons. The number of furan rings is 1. The Morgan fingerprint density at radius 3 is 2.70 bits per heavy atom. The Bertz CT molecular complexity index is 1110. The Hall–Kier alpha value is -3.51. The zero-order chi connectivity index (χ0) is 18.5. The van der Waals surface area contributed by atoms with Crippen LogP contribution in [0.4, 0.5) is 0 Å². The molecule has 0 atom stereocenters. The van der Waals surface area contributed by atoms with Crippen molar-refractivity contribution in [3.63, 3.8) is 0 Å². The average molecular weight is 353 g/mol. The molecular weight excluding hydrogens is 334 g/mol. The molecule has 2 heterocycles. The van der Waals surface area contributed by atoms with Crippen molar-refractivity contribution < 1.29 is 9.15 Å². The molecule has 0 saturated heterocycles. The van der Waals surface area contributed by atoms with Crippen LogP contribution in [-0.4, -0.2) is 12.1 Å². The molecule has 0 aliphatic rings. The van der Waals surface area contributed by atoms with Crippen LogP contribution in [0.25, 0.3) is 22.1 Å². The summed E-state index contributed by atoms with van der Waals surface area (Å²) in [6.45, 7) is 0. The van der Waals surface area contributed by atoms with E-state index in [1.807, 2.05) is 42.6 Å². The molecule has 4 rings (SSSR count). The first-order valence-electron chi connectivity index (χ1n) is 8.87. The van der Waals surface area contributed by atoms with E-state index in [2.05, 4.69) is 41.1 Å². The van der Waals surface area contributed by atoms with Gasteiger partial charge in [0, 0.05) is 29.8 Å². The Morgan fingerprint density at radius 1 is 0.963 bits per heavy atom. The van der Waals surface area contributed by atoms with Gasteiger partial charge < -0.3 is 9.15 Å². The number of nitrogens with zero attached hydrogens (tertiary/aromatic N) is 1. The SMILES string of the molecule is COc1ccc(CCC#Cc2ccc(-c3ccc4cnccc4c3)o2)cc1. The van der Waals surface area contributed by atoms with Gasteiger partial charge in [-0.05, 0) is 59.7 Å². The van der Waals surface area contributed by atoms with Crippen molar-refractivity contribution >= 4 is 10.8 Å². The summed E-state index contributed by atoms with van der Waals surface area (Å²) in [4.78, 5) is 4.14. The zero-order valence-electron chi connectivity index (χ0n) is 15.1. The third-order valence-electron chi connectivity index (χ3n) is 4.44. The van der Waals surface area contributed by atoms with Gasteiger partial charge in [-0.25, -0.2) is 0 Å². The molecule has 4 aromatic rings. The number of benzene rings is 2. The first-order chi connectivity index (χ1) is 13.3. The van der Waals surface area contributed by atoms with Gasteiger partial charge in [0.1, 0.15) is 11.5 Å². The second-order valence-corrected chi connectivity index (χ2v) is 6.25. The molecule has 0 bridgehead atoms. The Morgan fingerprint density at radius 2 is 1.85 bits per heavy atom. The number of aromatic nitrogens is 1. The summed E-state index contributed by atoms with van der Waals surface area (Å²) in [5.74, 6) is 8.69. The highest BCUT2D eigenvalue weighted by Gasteiger charge is 2.04. The molecule has 132 valence electrons. The molecule has 0 fully saturated rings. The number of fused-ring (bicyclic) bond motifs is 1. The molecule has 2 aromatic heterocycles. The molecule has 0 spiro atoms. The van der Waals surface area contributed by atoms with Gasteiger partial charge in [-0.15, -0.1) is 0 Å². The molecular formula is C24H19NO2. The highest BCUT2D eigenvalue weighted by molar-refractivity contribution is 5.85. The molecule has 0 saturated carbocycles. The van der Waals surface area contributed by atoms with E-state index in [4.69, 9.17) is 9.15 Å². The number of ether oxygens (including phenoxy) is 1. The number of rotatable bonds is 4. The van der Waals surface area contributed by atoms with Crippen molar-refractivity contribution in [1.82, 2.24) is 4.98 Å². The van der Waals surface area contributed by atoms with Crippen molar-refractivity contribution in [1.29, 1.82) is 0 Å². The summed E-state index contributed by atoms with van der Waals surface area (Å²) < 4.78 is 11.1. The molecule has 3 heteroatoms. The maximum Gasteiger partial charge on any atom is 0.177 e. The van der Waals surface area contributed by atoms with E-state index >= 15 is 0 Å². The second-order valence-electron chi connectivity index (χ2n) is 6.25. The summed E-state index contributed by atoms with van der Waals surface area (Å²) in [6.07, 6.45) is 5.35. The van der Waals surface area contributed by atoms with Crippen molar-refractivity contribution in [2.75, 3.05) is 7.11 Å². The Balaban J connectivity index is 1.42. The van der Waals surface area contributed by atoms with Crippen LogP contribution in [0.5, 0.6) is 5.75 Å². The van der Waals surface area contributed by atoms with Gasteiger partial charge in [-0.3, -0.25) is 4.98 Å². The lowest BCUT2D eigenvalue weighted by atomic mass is 10.1. The molecule has 0 unspecified atom stereocenters. The maximum atomic E-state index is 5.90. The molecule has 0 amide bonds. The second kappa shape index (κ2) is 7.80. The minimum atomic E-state index is 0.689.